The van der Waals surface area contributed by atoms with Crippen molar-refractivity contribution in [3.8, 4) is 0 Å². The molecule has 1 fully saturated rings. The first kappa shape index (κ1) is 20.1. The molecule has 1 rings (SSSR count). The molecule has 1 atom stereocenters. The largest absolute Gasteiger partial charge is 0.334 e. The number of nitrogens with zero attached hydrogens (tertiary/aromatic N) is 1. The molecule has 21 heavy (non-hydrogen) atoms. The third kappa shape index (κ3) is 7.07. The van der Waals surface area contributed by atoms with Crippen molar-refractivity contribution in [3.63, 3.8) is 0 Å². The van der Waals surface area contributed by atoms with Gasteiger partial charge in [0.15, 0.2) is 0 Å². The van der Waals surface area contributed by atoms with E-state index >= 15 is 0 Å². The predicted octanol–water partition coefficient (Wildman–Crippen LogP) is 3.01. The molecule has 1 aliphatic carbocycles. The highest BCUT2D eigenvalue weighted by Gasteiger charge is 2.31. The topological polar surface area (TPSA) is 49.4 Å². The van der Waals surface area contributed by atoms with Crippen molar-refractivity contribution in [1.82, 2.24) is 10.2 Å². The number of rotatable bonds is 7. The molecule has 0 bridgehead atoms. The highest BCUT2D eigenvalue weighted by Crippen LogP contribution is 2.27. The summed E-state index contributed by atoms with van der Waals surface area (Å²) >= 11 is 0. The van der Waals surface area contributed by atoms with Crippen LogP contribution in [0, 0.1) is 5.92 Å². The van der Waals surface area contributed by atoms with E-state index in [9.17, 15) is 9.59 Å². The van der Waals surface area contributed by atoms with E-state index in [0.29, 0.717) is 12.5 Å². The number of hydrogen-bond acceptors (Lipinski definition) is 3. The van der Waals surface area contributed by atoms with Crippen molar-refractivity contribution in [2.24, 2.45) is 5.92 Å². The number of carbonyl (C=O) groups is 2. The van der Waals surface area contributed by atoms with Gasteiger partial charge in [0.05, 0.1) is 12.6 Å². The summed E-state index contributed by atoms with van der Waals surface area (Å²) < 4.78 is 0. The monoisotopic (exact) mass is 298 g/mol. The molecule has 0 saturated heterocycles. The molecule has 0 aromatic carbocycles. The number of hydrogen-bond donors (Lipinski definition) is 1. The van der Waals surface area contributed by atoms with Crippen LogP contribution in [0.2, 0.25) is 0 Å². The lowest BCUT2D eigenvalue weighted by atomic mass is 9.83. The Morgan fingerprint density at radius 2 is 1.76 bits per heavy atom. The fourth-order valence-corrected chi connectivity index (χ4v) is 3.03. The van der Waals surface area contributed by atoms with Gasteiger partial charge in [-0.1, -0.05) is 40.0 Å². The van der Waals surface area contributed by atoms with Gasteiger partial charge in [0.25, 0.3) is 0 Å². The molecule has 1 N–H and O–H groups in total. The molecule has 1 saturated carbocycles. The Bertz CT molecular complexity index is 299. The first-order chi connectivity index (χ1) is 10.1. The van der Waals surface area contributed by atoms with E-state index in [1.54, 1.807) is 11.8 Å². The van der Waals surface area contributed by atoms with Crippen molar-refractivity contribution >= 4 is 11.7 Å². The summed E-state index contributed by atoms with van der Waals surface area (Å²) in [5.74, 6) is 0.587. The summed E-state index contributed by atoms with van der Waals surface area (Å²) in [6.45, 7) is 8.50. The number of carbonyl (C=O) groups excluding carboxylic acids is 2. The number of nitrogens with one attached hydrogen (secondary N) is 1. The lowest BCUT2D eigenvalue weighted by Gasteiger charge is -2.33. The Morgan fingerprint density at radius 3 is 2.19 bits per heavy atom. The zero-order chi connectivity index (χ0) is 16.3. The van der Waals surface area contributed by atoms with E-state index in [1.807, 2.05) is 27.8 Å². The van der Waals surface area contributed by atoms with Gasteiger partial charge in [-0.05, 0) is 39.2 Å². The van der Waals surface area contributed by atoms with Crippen LogP contribution in [0.5, 0.6) is 0 Å². The minimum absolute atomic E-state index is 0.0558. The van der Waals surface area contributed by atoms with Crippen molar-refractivity contribution < 1.29 is 9.59 Å². The standard InChI is InChI=1S/C15H28N2O2.C2H6/c1-4-10-17(11-12(2)18)15(19)14(16-3)13-8-6-5-7-9-13;1-2/h13-14,16H,4-11H2,1-3H3;1-2H3. The van der Waals surface area contributed by atoms with Crippen LogP contribution in [0.1, 0.15) is 66.2 Å². The molecule has 1 unspecified atom stereocenters. The van der Waals surface area contributed by atoms with E-state index in [0.717, 1.165) is 19.3 Å². The van der Waals surface area contributed by atoms with Gasteiger partial charge in [0.2, 0.25) is 5.91 Å². The lowest BCUT2D eigenvalue weighted by Crippen LogP contribution is -2.51. The Hall–Kier alpha value is -0.900. The molecule has 4 heteroatoms. The van der Waals surface area contributed by atoms with Gasteiger partial charge in [-0.25, -0.2) is 0 Å². The average molecular weight is 298 g/mol. The van der Waals surface area contributed by atoms with E-state index in [-0.39, 0.29) is 24.3 Å². The molecular weight excluding hydrogens is 264 g/mol. The third-order valence-electron chi connectivity index (χ3n) is 3.92. The van der Waals surface area contributed by atoms with E-state index in [4.69, 9.17) is 0 Å². The highest BCUT2D eigenvalue weighted by atomic mass is 16.2. The van der Waals surface area contributed by atoms with Crippen LogP contribution in [0.15, 0.2) is 0 Å². The minimum atomic E-state index is -0.119. The maximum Gasteiger partial charge on any atom is 0.240 e. The Labute approximate surface area is 130 Å². The van der Waals surface area contributed by atoms with E-state index in [1.165, 1.54) is 19.3 Å². The quantitative estimate of drug-likeness (QED) is 0.786. The van der Waals surface area contributed by atoms with Gasteiger partial charge < -0.3 is 10.2 Å². The van der Waals surface area contributed by atoms with Crippen molar-refractivity contribution in [2.75, 3.05) is 20.1 Å². The smallest absolute Gasteiger partial charge is 0.240 e. The molecule has 0 aliphatic heterocycles. The second kappa shape index (κ2) is 11.7. The van der Waals surface area contributed by atoms with Crippen LogP contribution in [0.4, 0.5) is 0 Å². The molecule has 0 aromatic heterocycles. The molecule has 124 valence electrons. The number of amides is 1. The van der Waals surface area contributed by atoms with E-state index < -0.39 is 0 Å². The Balaban J connectivity index is 0.00000191. The normalized spacial score (nSPS) is 16.6. The lowest BCUT2D eigenvalue weighted by molar-refractivity contribution is -0.138. The van der Waals surface area contributed by atoms with Crippen LogP contribution in [0.3, 0.4) is 0 Å². The minimum Gasteiger partial charge on any atom is -0.334 e. The maximum atomic E-state index is 12.6. The van der Waals surface area contributed by atoms with Crippen molar-refractivity contribution in [3.05, 3.63) is 0 Å². The van der Waals surface area contributed by atoms with Crippen LogP contribution in [-0.2, 0) is 9.59 Å². The van der Waals surface area contributed by atoms with Gasteiger partial charge in [0, 0.05) is 6.54 Å². The van der Waals surface area contributed by atoms with Gasteiger partial charge in [-0.3, -0.25) is 9.59 Å². The second-order valence-corrected chi connectivity index (χ2v) is 5.63. The molecule has 0 aromatic rings. The van der Waals surface area contributed by atoms with E-state index in [2.05, 4.69) is 5.32 Å². The zero-order valence-corrected chi connectivity index (χ0v) is 14.6. The summed E-state index contributed by atoms with van der Waals surface area (Å²) in [6, 6.07) is -0.119. The Morgan fingerprint density at radius 1 is 1.19 bits per heavy atom. The predicted molar refractivity (Wildman–Crippen MR) is 88.3 cm³/mol. The van der Waals surface area contributed by atoms with Crippen molar-refractivity contribution in [2.45, 2.75) is 72.3 Å². The Kier molecular flexibility index (Phi) is 11.2. The second-order valence-electron chi connectivity index (χ2n) is 5.63. The average Bonchev–Trinajstić information content (AvgIpc) is 2.50. The summed E-state index contributed by atoms with van der Waals surface area (Å²) in [5.41, 5.74) is 0. The molecule has 0 heterocycles. The maximum absolute atomic E-state index is 12.6. The summed E-state index contributed by atoms with van der Waals surface area (Å²) in [5, 5.41) is 3.18. The summed E-state index contributed by atoms with van der Waals surface area (Å²) in [7, 11) is 1.86. The molecular formula is C17H34N2O2. The molecule has 1 amide bonds. The van der Waals surface area contributed by atoms with Crippen LogP contribution < -0.4 is 5.32 Å². The summed E-state index contributed by atoms with van der Waals surface area (Å²) in [4.78, 5) is 25.6. The van der Waals surface area contributed by atoms with Gasteiger partial charge in [-0.15, -0.1) is 0 Å². The first-order valence-electron chi connectivity index (χ1n) is 8.55. The van der Waals surface area contributed by atoms with Crippen LogP contribution in [0.25, 0.3) is 0 Å². The fraction of sp³-hybridized carbons (Fsp3) is 0.882. The van der Waals surface area contributed by atoms with Crippen LogP contribution in [-0.4, -0.2) is 42.8 Å². The SMILES string of the molecule is CC.CCCN(CC(C)=O)C(=O)C(NC)C1CCCCC1. The van der Waals surface area contributed by atoms with Gasteiger partial charge in [-0.2, -0.15) is 0 Å². The summed E-state index contributed by atoms with van der Waals surface area (Å²) in [6.07, 6.45) is 6.86. The van der Waals surface area contributed by atoms with Crippen LogP contribution >= 0.6 is 0 Å². The van der Waals surface area contributed by atoms with Gasteiger partial charge in [0.1, 0.15) is 5.78 Å². The number of likely N-dealkylation sites (N-methyl/N-ethyl adjacent to an activating group) is 1. The van der Waals surface area contributed by atoms with Gasteiger partial charge >= 0.3 is 0 Å². The molecule has 4 nitrogen and oxygen atoms in total. The number of ketones is 1. The molecule has 1 aliphatic rings. The fourth-order valence-electron chi connectivity index (χ4n) is 3.03. The number of Topliss-reactive ketones (excluding diaryl/α,β-unsaturated/α-hetero) is 1. The molecule has 0 radical (unpaired) electrons. The highest BCUT2D eigenvalue weighted by molar-refractivity contribution is 5.87. The zero-order valence-electron chi connectivity index (χ0n) is 14.6. The first-order valence-corrected chi connectivity index (χ1v) is 8.55. The third-order valence-corrected chi connectivity index (χ3v) is 3.92. The molecule has 0 spiro atoms. The van der Waals surface area contributed by atoms with Crippen molar-refractivity contribution in [1.29, 1.82) is 0 Å².